The summed E-state index contributed by atoms with van der Waals surface area (Å²) in [5.74, 6) is 0.149. The van der Waals surface area contributed by atoms with Crippen LogP contribution in [0.3, 0.4) is 0 Å². The molecule has 1 atom stereocenters. The van der Waals surface area contributed by atoms with Gasteiger partial charge in [0.05, 0.1) is 28.5 Å². The number of carbonyl (C=O) groups is 1. The number of esters is 1. The van der Waals surface area contributed by atoms with Gasteiger partial charge in [0.2, 0.25) is 0 Å². The zero-order valence-corrected chi connectivity index (χ0v) is 23.8. The quantitative estimate of drug-likeness (QED) is 0.157. The second kappa shape index (κ2) is 12.4. The molecule has 0 saturated carbocycles. The van der Waals surface area contributed by atoms with Crippen LogP contribution in [0.25, 0.3) is 11.8 Å². The zero-order valence-electron chi connectivity index (χ0n) is 22.2. The van der Waals surface area contributed by atoms with E-state index in [4.69, 9.17) is 14.5 Å². The number of thiazole rings is 1. The number of aromatic nitrogens is 1. The summed E-state index contributed by atoms with van der Waals surface area (Å²) in [5.41, 5.74) is 2.93. The highest BCUT2D eigenvalue weighted by atomic mass is 32.2. The minimum Gasteiger partial charge on any atom is -0.489 e. The second-order valence-electron chi connectivity index (χ2n) is 8.84. The molecule has 8 heteroatoms. The third kappa shape index (κ3) is 5.46. The summed E-state index contributed by atoms with van der Waals surface area (Å²) in [4.78, 5) is 34.1. The minimum absolute atomic E-state index is 0.203. The van der Waals surface area contributed by atoms with Gasteiger partial charge < -0.3 is 9.47 Å². The van der Waals surface area contributed by atoms with Crippen LogP contribution in [0.2, 0.25) is 0 Å². The minimum atomic E-state index is -0.712. The van der Waals surface area contributed by atoms with Crippen molar-refractivity contribution < 1.29 is 14.3 Å². The van der Waals surface area contributed by atoms with E-state index in [1.54, 1.807) is 29.3 Å². The van der Waals surface area contributed by atoms with Crippen LogP contribution >= 0.6 is 23.1 Å². The summed E-state index contributed by atoms with van der Waals surface area (Å²) >= 11 is 2.91. The molecule has 40 heavy (non-hydrogen) atoms. The molecule has 1 aliphatic rings. The van der Waals surface area contributed by atoms with Gasteiger partial charge in [0.1, 0.15) is 12.4 Å². The number of nitrogens with zero attached hydrogens (tertiary/aromatic N) is 2. The molecule has 5 rings (SSSR count). The van der Waals surface area contributed by atoms with Crippen molar-refractivity contribution in [1.29, 1.82) is 0 Å². The van der Waals surface area contributed by atoms with E-state index in [0.717, 1.165) is 21.6 Å². The van der Waals surface area contributed by atoms with E-state index in [9.17, 15) is 9.59 Å². The first-order valence-corrected chi connectivity index (χ1v) is 14.8. The van der Waals surface area contributed by atoms with Crippen molar-refractivity contribution in [3.05, 3.63) is 133 Å². The van der Waals surface area contributed by atoms with Crippen LogP contribution in [0.15, 0.2) is 112 Å². The van der Waals surface area contributed by atoms with Gasteiger partial charge in [0, 0.05) is 16.0 Å². The summed E-state index contributed by atoms with van der Waals surface area (Å²) in [7, 11) is 0. The number of thioether (sulfide) groups is 1. The molecule has 0 aliphatic carbocycles. The molecule has 6 nitrogen and oxygen atoms in total. The molecule has 3 aromatic carbocycles. The molecule has 0 spiro atoms. The fraction of sp³-hybridized carbons (Fsp3) is 0.156. The van der Waals surface area contributed by atoms with Crippen molar-refractivity contribution in [2.75, 3.05) is 19.5 Å². The standard InChI is InChI=1S/C32H28N2O4S2/c1-4-19-38-25-14-10-9-13-23(25)20-26-30(35)34-29(22-15-17-24(39-3)18-16-22)27(31(36)37-5-2)28(33-32(34)40-26)21-11-7-6-8-12-21/h4,6-18,20,29H,1,5,19H2,2-3H3/b26-20+/t29-/m0/s1. The highest BCUT2D eigenvalue weighted by Crippen LogP contribution is 2.35. The molecule has 2 heterocycles. The lowest BCUT2D eigenvalue weighted by atomic mass is 9.93. The first-order valence-electron chi connectivity index (χ1n) is 12.8. The fourth-order valence-corrected chi connectivity index (χ4v) is 5.96. The second-order valence-corrected chi connectivity index (χ2v) is 10.7. The van der Waals surface area contributed by atoms with Crippen molar-refractivity contribution in [3.63, 3.8) is 0 Å². The monoisotopic (exact) mass is 568 g/mol. The van der Waals surface area contributed by atoms with E-state index < -0.39 is 12.0 Å². The Bertz CT molecular complexity index is 1750. The predicted octanol–water partition coefficient (Wildman–Crippen LogP) is 5.22. The van der Waals surface area contributed by atoms with Gasteiger partial charge in [-0.15, -0.1) is 11.8 Å². The number of para-hydroxylation sites is 1. The third-order valence-corrected chi connectivity index (χ3v) is 8.09. The first-order chi connectivity index (χ1) is 19.5. The van der Waals surface area contributed by atoms with Crippen LogP contribution < -0.4 is 19.6 Å². The van der Waals surface area contributed by atoms with Crippen LogP contribution in [-0.4, -0.2) is 30.0 Å². The van der Waals surface area contributed by atoms with Crippen molar-refractivity contribution in [1.82, 2.24) is 4.57 Å². The maximum Gasteiger partial charge on any atom is 0.338 e. The van der Waals surface area contributed by atoms with Crippen LogP contribution in [-0.2, 0) is 9.53 Å². The van der Waals surface area contributed by atoms with E-state index in [2.05, 4.69) is 6.58 Å². The number of ether oxygens (including phenoxy) is 2. The fourth-order valence-electron chi connectivity index (χ4n) is 4.56. The predicted molar refractivity (Wildman–Crippen MR) is 161 cm³/mol. The van der Waals surface area contributed by atoms with Crippen molar-refractivity contribution in [3.8, 4) is 5.75 Å². The van der Waals surface area contributed by atoms with Gasteiger partial charge in [-0.2, -0.15) is 0 Å². The van der Waals surface area contributed by atoms with E-state index >= 15 is 0 Å². The van der Waals surface area contributed by atoms with Gasteiger partial charge in [-0.1, -0.05) is 84.7 Å². The Balaban J connectivity index is 1.79. The Labute approximate surface area is 240 Å². The Hall–Kier alpha value is -4.14. The molecule has 0 saturated heterocycles. The topological polar surface area (TPSA) is 69.9 Å². The third-order valence-electron chi connectivity index (χ3n) is 6.37. The molecule has 0 bridgehead atoms. The van der Waals surface area contributed by atoms with Crippen LogP contribution in [0, 0.1) is 0 Å². The van der Waals surface area contributed by atoms with Crippen molar-refractivity contribution >= 4 is 40.8 Å². The Kier molecular flexibility index (Phi) is 8.48. The summed E-state index contributed by atoms with van der Waals surface area (Å²) in [6.45, 7) is 6.04. The van der Waals surface area contributed by atoms with E-state index in [0.29, 0.717) is 33.0 Å². The first kappa shape index (κ1) is 27.4. The Morgan fingerprint density at radius 3 is 2.50 bits per heavy atom. The highest BCUT2D eigenvalue weighted by molar-refractivity contribution is 7.98. The maximum atomic E-state index is 14.1. The molecule has 0 N–H and O–H groups in total. The van der Waals surface area contributed by atoms with Gasteiger partial charge >= 0.3 is 5.97 Å². The summed E-state index contributed by atoms with van der Waals surface area (Å²) in [6.07, 6.45) is 5.49. The molecule has 0 unspecified atom stereocenters. The lowest BCUT2D eigenvalue weighted by Crippen LogP contribution is -2.40. The highest BCUT2D eigenvalue weighted by Gasteiger charge is 2.35. The molecule has 1 aromatic heterocycles. The number of fused-ring (bicyclic) bond motifs is 1. The Morgan fingerprint density at radius 1 is 1.07 bits per heavy atom. The smallest absolute Gasteiger partial charge is 0.338 e. The number of benzene rings is 3. The van der Waals surface area contributed by atoms with E-state index in [-0.39, 0.29) is 12.2 Å². The number of rotatable bonds is 9. The molecule has 1 aliphatic heterocycles. The summed E-state index contributed by atoms with van der Waals surface area (Å²) in [5, 5.41) is 0. The average Bonchev–Trinajstić information content (AvgIpc) is 3.30. The molecule has 4 aromatic rings. The van der Waals surface area contributed by atoms with Gasteiger partial charge in [-0.3, -0.25) is 9.36 Å². The maximum absolute atomic E-state index is 14.1. The van der Waals surface area contributed by atoms with Crippen LogP contribution in [0.1, 0.15) is 29.7 Å². The molecule has 0 radical (unpaired) electrons. The van der Waals surface area contributed by atoms with Gasteiger partial charge in [-0.05, 0) is 43.0 Å². The van der Waals surface area contributed by atoms with E-state index in [1.165, 1.54) is 11.3 Å². The summed E-state index contributed by atoms with van der Waals surface area (Å²) < 4.78 is 13.4. The average molecular weight is 569 g/mol. The van der Waals surface area contributed by atoms with Crippen molar-refractivity contribution in [2.24, 2.45) is 4.99 Å². The lowest BCUT2D eigenvalue weighted by Gasteiger charge is -2.26. The van der Waals surface area contributed by atoms with Crippen LogP contribution in [0.5, 0.6) is 5.75 Å². The largest absolute Gasteiger partial charge is 0.489 e. The normalized spacial score (nSPS) is 14.8. The van der Waals surface area contributed by atoms with Crippen LogP contribution in [0.4, 0.5) is 0 Å². The summed E-state index contributed by atoms with van der Waals surface area (Å²) in [6, 6.07) is 24.3. The molecule has 0 amide bonds. The van der Waals surface area contributed by atoms with Gasteiger partial charge in [-0.25, -0.2) is 9.79 Å². The van der Waals surface area contributed by atoms with E-state index in [1.807, 2.05) is 91.2 Å². The number of carbonyl (C=O) groups excluding carboxylic acids is 1. The Morgan fingerprint density at radius 2 is 1.80 bits per heavy atom. The molecule has 0 fully saturated rings. The van der Waals surface area contributed by atoms with Gasteiger partial charge in [0.25, 0.3) is 5.56 Å². The molecular formula is C32H28N2O4S2. The number of hydrogen-bond donors (Lipinski definition) is 0. The zero-order chi connectivity index (χ0) is 28.1. The molecule has 202 valence electrons. The molecular weight excluding hydrogens is 540 g/mol. The van der Waals surface area contributed by atoms with Gasteiger partial charge in [0.15, 0.2) is 4.80 Å². The SMILES string of the molecule is C=CCOc1ccccc1/C=c1/sc2n(c1=O)[C@@H](c1ccc(SC)cc1)C(C(=O)OCC)=C(c1ccccc1)N=2. The number of hydrogen-bond acceptors (Lipinski definition) is 7. The lowest BCUT2D eigenvalue weighted by molar-refractivity contribution is -0.138. The van der Waals surface area contributed by atoms with Crippen molar-refractivity contribution in [2.45, 2.75) is 17.9 Å².